The van der Waals surface area contributed by atoms with Crippen LogP contribution in [0, 0.1) is 0 Å². The number of pyridine rings is 2. The van der Waals surface area contributed by atoms with E-state index in [1.807, 2.05) is 12.3 Å². The largest absolute Gasteiger partial charge is 0.357 e. The number of fused-ring (bicyclic) bond motifs is 2. The highest BCUT2D eigenvalue weighted by Crippen LogP contribution is 2.31. The van der Waals surface area contributed by atoms with E-state index in [1.165, 1.54) is 27.8 Å². The number of rotatable bonds is 4. The lowest BCUT2D eigenvalue weighted by atomic mass is 10.0. The van der Waals surface area contributed by atoms with E-state index in [-0.39, 0.29) is 0 Å². The summed E-state index contributed by atoms with van der Waals surface area (Å²) < 4.78 is 2.10. The standard InChI is InChI=1S/C23H22N4/c1-26-12-9-18(14-26)20-8-11-24-23-16-27(15-21(20)23)13-10-19-7-6-17-4-2-3-5-22(17)25-19/h2-9,11-12,14H,10,13,15-16H2,1H3. The van der Waals surface area contributed by atoms with Gasteiger partial charge in [0.05, 0.1) is 11.2 Å². The van der Waals surface area contributed by atoms with Gasteiger partial charge < -0.3 is 4.57 Å². The minimum atomic E-state index is 0.920. The number of para-hydroxylation sites is 1. The van der Waals surface area contributed by atoms with Crippen molar-refractivity contribution < 1.29 is 0 Å². The van der Waals surface area contributed by atoms with Gasteiger partial charge in [0.25, 0.3) is 0 Å². The van der Waals surface area contributed by atoms with E-state index in [9.17, 15) is 0 Å². The Morgan fingerprint density at radius 3 is 2.81 bits per heavy atom. The predicted molar refractivity (Wildman–Crippen MR) is 108 cm³/mol. The maximum absolute atomic E-state index is 4.81. The molecule has 0 fully saturated rings. The van der Waals surface area contributed by atoms with Crippen LogP contribution in [0.2, 0.25) is 0 Å². The van der Waals surface area contributed by atoms with Gasteiger partial charge in [-0.25, -0.2) is 0 Å². The minimum Gasteiger partial charge on any atom is -0.357 e. The van der Waals surface area contributed by atoms with Crippen LogP contribution in [-0.2, 0) is 26.6 Å². The van der Waals surface area contributed by atoms with Gasteiger partial charge in [-0.15, -0.1) is 0 Å². The molecule has 0 saturated carbocycles. The maximum Gasteiger partial charge on any atom is 0.0705 e. The van der Waals surface area contributed by atoms with Crippen molar-refractivity contribution in [1.29, 1.82) is 0 Å². The van der Waals surface area contributed by atoms with E-state index < -0.39 is 0 Å². The number of aromatic nitrogens is 3. The van der Waals surface area contributed by atoms with Gasteiger partial charge in [-0.2, -0.15) is 0 Å². The average molecular weight is 354 g/mol. The fourth-order valence-corrected chi connectivity index (χ4v) is 3.95. The zero-order valence-electron chi connectivity index (χ0n) is 15.5. The van der Waals surface area contributed by atoms with Crippen molar-refractivity contribution in [2.75, 3.05) is 6.54 Å². The molecule has 0 amide bonds. The van der Waals surface area contributed by atoms with E-state index in [0.717, 1.165) is 37.3 Å². The first kappa shape index (κ1) is 16.2. The minimum absolute atomic E-state index is 0.920. The van der Waals surface area contributed by atoms with E-state index >= 15 is 0 Å². The first-order valence-electron chi connectivity index (χ1n) is 9.42. The van der Waals surface area contributed by atoms with Crippen LogP contribution in [-0.4, -0.2) is 26.0 Å². The number of hydrogen-bond donors (Lipinski definition) is 0. The summed E-state index contributed by atoms with van der Waals surface area (Å²) in [5.41, 5.74) is 7.40. The molecule has 0 saturated heterocycles. The summed E-state index contributed by atoms with van der Waals surface area (Å²) in [7, 11) is 2.06. The Balaban J connectivity index is 1.32. The second-order valence-electron chi connectivity index (χ2n) is 7.31. The van der Waals surface area contributed by atoms with E-state index in [2.05, 4.69) is 76.4 Å². The Hall–Kier alpha value is -2.98. The molecule has 0 bridgehead atoms. The van der Waals surface area contributed by atoms with Crippen LogP contribution >= 0.6 is 0 Å². The molecule has 1 aliphatic heterocycles. The molecular weight excluding hydrogens is 332 g/mol. The highest BCUT2D eigenvalue weighted by Gasteiger charge is 2.23. The van der Waals surface area contributed by atoms with Crippen molar-refractivity contribution in [3.8, 4) is 11.1 Å². The number of nitrogens with zero attached hydrogens (tertiary/aromatic N) is 4. The van der Waals surface area contributed by atoms with Crippen LogP contribution in [0.15, 0.2) is 67.1 Å². The average Bonchev–Trinajstić information content (AvgIpc) is 3.31. The lowest BCUT2D eigenvalue weighted by Crippen LogP contribution is -2.20. The van der Waals surface area contributed by atoms with Gasteiger partial charge in [-0.05, 0) is 41.0 Å². The lowest BCUT2D eigenvalue weighted by molar-refractivity contribution is 0.286. The SMILES string of the molecule is Cn1ccc(-c2ccnc3c2CN(CCc2ccc4ccccc4n2)C3)c1. The third-order valence-corrected chi connectivity index (χ3v) is 5.38. The van der Waals surface area contributed by atoms with E-state index in [1.54, 1.807) is 0 Å². The van der Waals surface area contributed by atoms with Crippen molar-refractivity contribution in [3.05, 3.63) is 84.1 Å². The van der Waals surface area contributed by atoms with Crippen LogP contribution in [0.5, 0.6) is 0 Å². The zero-order chi connectivity index (χ0) is 18.2. The summed E-state index contributed by atoms with van der Waals surface area (Å²) in [6.07, 6.45) is 7.17. The third kappa shape index (κ3) is 3.13. The fraction of sp³-hybridized carbons (Fsp3) is 0.217. The van der Waals surface area contributed by atoms with Crippen molar-refractivity contribution in [2.45, 2.75) is 19.5 Å². The molecule has 4 heteroatoms. The molecule has 0 atom stereocenters. The molecular formula is C23H22N4. The van der Waals surface area contributed by atoms with Crippen molar-refractivity contribution in [2.24, 2.45) is 7.05 Å². The van der Waals surface area contributed by atoms with Gasteiger partial charge >= 0.3 is 0 Å². The Morgan fingerprint density at radius 1 is 1.00 bits per heavy atom. The van der Waals surface area contributed by atoms with Crippen LogP contribution in [0.4, 0.5) is 0 Å². The molecule has 4 heterocycles. The summed E-state index contributed by atoms with van der Waals surface area (Å²) >= 11 is 0. The summed E-state index contributed by atoms with van der Waals surface area (Å²) in [5, 5.41) is 1.20. The molecule has 27 heavy (non-hydrogen) atoms. The van der Waals surface area contributed by atoms with Crippen molar-refractivity contribution in [3.63, 3.8) is 0 Å². The molecule has 4 aromatic rings. The van der Waals surface area contributed by atoms with E-state index in [0.29, 0.717) is 0 Å². The monoisotopic (exact) mass is 354 g/mol. The summed E-state index contributed by atoms with van der Waals surface area (Å²) in [6, 6.07) is 16.9. The highest BCUT2D eigenvalue weighted by atomic mass is 15.2. The molecule has 0 unspecified atom stereocenters. The molecule has 0 spiro atoms. The lowest BCUT2D eigenvalue weighted by Gasteiger charge is -2.14. The Morgan fingerprint density at radius 2 is 1.93 bits per heavy atom. The topological polar surface area (TPSA) is 34.0 Å². The Labute approximate surface area is 159 Å². The number of hydrogen-bond acceptors (Lipinski definition) is 3. The molecule has 0 radical (unpaired) electrons. The van der Waals surface area contributed by atoms with Gasteiger partial charge in [0.1, 0.15) is 0 Å². The molecule has 134 valence electrons. The van der Waals surface area contributed by atoms with Gasteiger partial charge in [0.15, 0.2) is 0 Å². The third-order valence-electron chi connectivity index (χ3n) is 5.38. The second kappa shape index (κ2) is 6.63. The number of aryl methyl sites for hydroxylation is 1. The Kier molecular flexibility index (Phi) is 3.98. The molecule has 1 aliphatic rings. The Bertz CT molecular complexity index is 1110. The van der Waals surface area contributed by atoms with Crippen LogP contribution in [0.1, 0.15) is 17.0 Å². The van der Waals surface area contributed by atoms with Gasteiger partial charge in [0, 0.05) is 62.8 Å². The molecule has 0 N–H and O–H groups in total. The second-order valence-corrected chi connectivity index (χ2v) is 7.31. The molecule has 3 aromatic heterocycles. The van der Waals surface area contributed by atoms with Gasteiger partial charge in [-0.1, -0.05) is 24.3 Å². The van der Waals surface area contributed by atoms with Crippen LogP contribution < -0.4 is 0 Å². The maximum atomic E-state index is 4.81. The summed E-state index contributed by atoms with van der Waals surface area (Å²) in [5.74, 6) is 0. The predicted octanol–water partition coefficient (Wildman–Crippen LogP) is 4.19. The normalized spacial score (nSPS) is 14.0. The number of benzene rings is 1. The van der Waals surface area contributed by atoms with Gasteiger partial charge in [-0.3, -0.25) is 14.9 Å². The van der Waals surface area contributed by atoms with Crippen LogP contribution in [0.25, 0.3) is 22.0 Å². The summed E-state index contributed by atoms with van der Waals surface area (Å²) in [6.45, 7) is 2.88. The molecule has 5 rings (SSSR count). The molecule has 0 aliphatic carbocycles. The van der Waals surface area contributed by atoms with Gasteiger partial charge in [0.2, 0.25) is 0 Å². The van der Waals surface area contributed by atoms with Crippen LogP contribution in [0.3, 0.4) is 0 Å². The molecule has 4 nitrogen and oxygen atoms in total. The van der Waals surface area contributed by atoms with Crippen molar-refractivity contribution >= 4 is 10.9 Å². The smallest absolute Gasteiger partial charge is 0.0705 e. The quantitative estimate of drug-likeness (QED) is 0.551. The first-order valence-corrected chi connectivity index (χ1v) is 9.42. The molecule has 1 aromatic carbocycles. The fourth-order valence-electron chi connectivity index (χ4n) is 3.95. The zero-order valence-corrected chi connectivity index (χ0v) is 15.5. The highest BCUT2D eigenvalue weighted by molar-refractivity contribution is 5.78. The summed E-state index contributed by atoms with van der Waals surface area (Å²) in [4.78, 5) is 11.9. The van der Waals surface area contributed by atoms with E-state index in [4.69, 9.17) is 4.98 Å². The first-order chi connectivity index (χ1) is 13.3. The van der Waals surface area contributed by atoms with Crippen molar-refractivity contribution in [1.82, 2.24) is 19.4 Å².